The molecule has 1 heterocycles. The Labute approximate surface area is 150 Å². The lowest BCUT2D eigenvalue weighted by Crippen LogP contribution is -2.59. The van der Waals surface area contributed by atoms with Gasteiger partial charge < -0.3 is 4.74 Å². The third kappa shape index (κ3) is 4.58. The molecular formula is C16H25IN2O4. The molecule has 1 aliphatic heterocycles. The van der Waals surface area contributed by atoms with Crippen LogP contribution in [-0.2, 0) is 14.3 Å². The molecule has 0 aromatic rings. The molecule has 7 heteroatoms. The van der Waals surface area contributed by atoms with Crippen LogP contribution < -0.4 is 10.6 Å². The summed E-state index contributed by atoms with van der Waals surface area (Å²) in [4.78, 5) is 35.5. The number of nitrogens with one attached hydrogen (secondary N) is 2. The zero-order chi connectivity index (χ0) is 17.2. The fraction of sp³-hybridized carbons (Fsp3) is 0.812. The highest BCUT2D eigenvalue weighted by Gasteiger charge is 2.43. The van der Waals surface area contributed by atoms with E-state index in [1.54, 1.807) is 0 Å². The molecule has 0 radical (unpaired) electrons. The van der Waals surface area contributed by atoms with Crippen LogP contribution in [0.1, 0.15) is 52.9 Å². The lowest BCUT2D eigenvalue weighted by Gasteiger charge is -2.37. The summed E-state index contributed by atoms with van der Waals surface area (Å²) in [6, 6.07) is 0. The van der Waals surface area contributed by atoms with E-state index in [1.807, 2.05) is 22.6 Å². The SMILES string of the molecule is CC(C)[C@H]1CC[C@H](C)C[C@@H]1OC(=O)N[C@@]1(I)CCC(=O)NC1=O. The van der Waals surface area contributed by atoms with E-state index in [0.717, 1.165) is 19.3 Å². The maximum Gasteiger partial charge on any atom is 0.408 e. The summed E-state index contributed by atoms with van der Waals surface area (Å²) >= 11 is 1.88. The van der Waals surface area contributed by atoms with Gasteiger partial charge in [-0.3, -0.25) is 20.2 Å². The van der Waals surface area contributed by atoms with Crippen LogP contribution in [-0.4, -0.2) is 27.6 Å². The Balaban J connectivity index is 1.97. The largest absolute Gasteiger partial charge is 0.446 e. The second kappa shape index (κ2) is 7.36. The molecule has 1 saturated heterocycles. The molecule has 3 amide bonds. The zero-order valence-electron chi connectivity index (χ0n) is 13.9. The van der Waals surface area contributed by atoms with Gasteiger partial charge in [0, 0.05) is 6.42 Å². The Bertz CT molecular complexity index is 496. The Morgan fingerprint density at radius 1 is 1.39 bits per heavy atom. The Morgan fingerprint density at radius 2 is 2.09 bits per heavy atom. The molecular weight excluding hydrogens is 411 g/mol. The van der Waals surface area contributed by atoms with E-state index in [2.05, 4.69) is 31.4 Å². The normalized spacial score (nSPS) is 34.9. The van der Waals surface area contributed by atoms with Crippen molar-refractivity contribution in [3.63, 3.8) is 0 Å². The van der Waals surface area contributed by atoms with Gasteiger partial charge in [0.1, 0.15) is 6.10 Å². The molecule has 2 N–H and O–H groups in total. The highest BCUT2D eigenvalue weighted by molar-refractivity contribution is 14.1. The van der Waals surface area contributed by atoms with Crippen molar-refractivity contribution < 1.29 is 19.1 Å². The molecule has 6 nitrogen and oxygen atoms in total. The average molecular weight is 436 g/mol. The number of piperidine rings is 1. The van der Waals surface area contributed by atoms with Crippen LogP contribution in [0.3, 0.4) is 0 Å². The number of alkyl carbamates (subject to hydrolysis) is 1. The predicted octanol–water partition coefficient (Wildman–Crippen LogP) is 2.74. The van der Waals surface area contributed by atoms with Gasteiger partial charge in [-0.2, -0.15) is 0 Å². The number of carbonyl (C=O) groups excluding carboxylic acids is 3. The fourth-order valence-electron chi connectivity index (χ4n) is 3.39. The molecule has 23 heavy (non-hydrogen) atoms. The third-order valence-electron chi connectivity index (χ3n) is 4.83. The van der Waals surface area contributed by atoms with Crippen LogP contribution >= 0.6 is 22.6 Å². The minimum atomic E-state index is -1.11. The first kappa shape index (κ1) is 18.5. The van der Waals surface area contributed by atoms with Crippen molar-refractivity contribution in [1.29, 1.82) is 0 Å². The number of ether oxygens (including phenoxy) is 1. The van der Waals surface area contributed by atoms with Crippen molar-refractivity contribution in [1.82, 2.24) is 10.6 Å². The monoisotopic (exact) mass is 436 g/mol. The quantitative estimate of drug-likeness (QED) is 0.309. The number of imide groups is 1. The molecule has 130 valence electrons. The number of rotatable bonds is 3. The number of alkyl halides is 1. The van der Waals surface area contributed by atoms with Crippen LogP contribution in [0.5, 0.6) is 0 Å². The summed E-state index contributed by atoms with van der Waals surface area (Å²) in [5.41, 5.74) is 0. The Hall–Kier alpha value is -0.860. The predicted molar refractivity (Wildman–Crippen MR) is 93.9 cm³/mol. The minimum Gasteiger partial charge on any atom is -0.446 e. The molecule has 2 aliphatic rings. The van der Waals surface area contributed by atoms with Crippen molar-refractivity contribution in [3.8, 4) is 0 Å². The highest BCUT2D eigenvalue weighted by atomic mass is 127. The molecule has 0 aromatic carbocycles. The second-order valence-electron chi connectivity index (χ2n) is 7.07. The van der Waals surface area contributed by atoms with Gasteiger partial charge in [0.05, 0.1) is 0 Å². The van der Waals surface area contributed by atoms with Gasteiger partial charge in [-0.25, -0.2) is 4.79 Å². The molecule has 1 aliphatic carbocycles. The molecule has 1 saturated carbocycles. The average Bonchev–Trinajstić information content (AvgIpc) is 2.43. The summed E-state index contributed by atoms with van der Waals surface area (Å²) in [5.74, 6) is 0.544. The van der Waals surface area contributed by atoms with Crippen molar-refractivity contribution in [2.75, 3.05) is 0 Å². The van der Waals surface area contributed by atoms with Crippen LogP contribution in [0.4, 0.5) is 4.79 Å². The van der Waals surface area contributed by atoms with Gasteiger partial charge in [0.2, 0.25) is 5.91 Å². The topological polar surface area (TPSA) is 84.5 Å². The van der Waals surface area contributed by atoms with Gasteiger partial charge in [-0.15, -0.1) is 0 Å². The van der Waals surface area contributed by atoms with Crippen molar-refractivity contribution in [3.05, 3.63) is 0 Å². The van der Waals surface area contributed by atoms with E-state index in [9.17, 15) is 14.4 Å². The number of halogens is 1. The molecule has 2 fully saturated rings. The van der Waals surface area contributed by atoms with E-state index in [4.69, 9.17) is 4.74 Å². The number of carbonyl (C=O) groups is 3. The van der Waals surface area contributed by atoms with Gasteiger partial charge in [-0.1, -0.05) is 27.2 Å². The first-order chi connectivity index (χ1) is 10.7. The molecule has 2 rings (SSSR count). The van der Waals surface area contributed by atoms with E-state index in [0.29, 0.717) is 17.8 Å². The third-order valence-corrected chi connectivity index (χ3v) is 6.13. The summed E-state index contributed by atoms with van der Waals surface area (Å²) < 4.78 is 4.54. The van der Waals surface area contributed by atoms with E-state index in [1.165, 1.54) is 0 Å². The van der Waals surface area contributed by atoms with Crippen molar-refractivity contribution >= 4 is 40.5 Å². The summed E-state index contributed by atoms with van der Waals surface area (Å²) in [6.45, 7) is 6.47. The van der Waals surface area contributed by atoms with Crippen molar-refractivity contribution in [2.45, 2.75) is 62.5 Å². The molecule has 0 unspecified atom stereocenters. The number of hydrogen-bond acceptors (Lipinski definition) is 4. The van der Waals surface area contributed by atoms with Gasteiger partial charge in [-0.05, 0) is 59.6 Å². The van der Waals surface area contributed by atoms with Crippen molar-refractivity contribution in [2.24, 2.45) is 17.8 Å². The number of amides is 3. The minimum absolute atomic E-state index is 0.118. The first-order valence-corrected chi connectivity index (χ1v) is 9.31. The molecule has 0 spiro atoms. The van der Waals surface area contributed by atoms with Gasteiger partial charge >= 0.3 is 6.09 Å². The number of hydrogen-bond donors (Lipinski definition) is 2. The van der Waals surface area contributed by atoms with Crippen LogP contribution in [0, 0.1) is 17.8 Å². The Morgan fingerprint density at radius 3 is 2.70 bits per heavy atom. The summed E-state index contributed by atoms with van der Waals surface area (Å²) in [7, 11) is 0. The van der Waals surface area contributed by atoms with Gasteiger partial charge in [0.15, 0.2) is 3.55 Å². The lowest BCUT2D eigenvalue weighted by atomic mass is 9.75. The summed E-state index contributed by atoms with van der Waals surface area (Å²) in [6.07, 6.45) is 2.87. The molecule has 0 bridgehead atoms. The highest BCUT2D eigenvalue weighted by Crippen LogP contribution is 2.35. The maximum absolute atomic E-state index is 12.3. The smallest absolute Gasteiger partial charge is 0.408 e. The lowest BCUT2D eigenvalue weighted by molar-refractivity contribution is -0.135. The van der Waals surface area contributed by atoms with Crippen LogP contribution in [0.15, 0.2) is 0 Å². The van der Waals surface area contributed by atoms with Crippen LogP contribution in [0.25, 0.3) is 0 Å². The maximum atomic E-state index is 12.3. The van der Waals surface area contributed by atoms with E-state index in [-0.39, 0.29) is 24.9 Å². The molecule has 0 aromatic heterocycles. The molecule has 4 atom stereocenters. The second-order valence-corrected chi connectivity index (χ2v) is 8.91. The van der Waals surface area contributed by atoms with E-state index >= 15 is 0 Å². The Kier molecular flexibility index (Phi) is 5.91. The standard InChI is InChI=1S/C16H25IN2O4/c1-9(2)11-5-4-10(3)8-12(11)23-15(22)19-16(17)7-6-13(20)18-14(16)21/h9-12H,4-8H2,1-3H3,(H,19,22)(H,18,20,21)/t10-,11+,12-,16-/m0/s1. The zero-order valence-corrected chi connectivity index (χ0v) is 16.0. The van der Waals surface area contributed by atoms with Gasteiger partial charge in [0.25, 0.3) is 5.91 Å². The van der Waals surface area contributed by atoms with E-state index < -0.39 is 15.5 Å². The fourth-order valence-corrected chi connectivity index (χ4v) is 4.01. The summed E-state index contributed by atoms with van der Waals surface area (Å²) in [5, 5.41) is 4.91. The van der Waals surface area contributed by atoms with Crippen LogP contribution in [0.2, 0.25) is 0 Å². The first-order valence-electron chi connectivity index (χ1n) is 8.23.